The molecule has 0 unspecified atom stereocenters. The Morgan fingerprint density at radius 3 is 0.811 bits per heavy atom. The van der Waals surface area contributed by atoms with Gasteiger partial charge in [0.05, 0.1) is 18.2 Å². The first-order valence-electron chi connectivity index (χ1n) is 34.5. The van der Waals surface area contributed by atoms with Gasteiger partial charge >= 0.3 is 0 Å². The number of para-hydroxylation sites is 4. The van der Waals surface area contributed by atoms with Crippen molar-refractivity contribution in [1.82, 2.24) is 0 Å². The van der Waals surface area contributed by atoms with E-state index in [1.807, 2.05) is 48.5 Å². The summed E-state index contributed by atoms with van der Waals surface area (Å²) in [5.41, 5.74) is 19.9. The lowest BCUT2D eigenvalue weighted by Gasteiger charge is -2.25. The Morgan fingerprint density at radius 2 is 0.519 bits per heavy atom. The number of hydrogen-bond acceptors (Lipinski definition) is 6. The summed E-state index contributed by atoms with van der Waals surface area (Å²) in [5.74, 6) is 27.8. The topological polar surface area (TPSA) is 44.4 Å². The monoisotopic (exact) mass is 1360 g/mol. The van der Waals surface area contributed by atoms with Crippen molar-refractivity contribution in [3.8, 4) is 53.4 Å². The van der Waals surface area contributed by atoms with Gasteiger partial charge < -0.3 is 24.5 Å². The van der Waals surface area contributed by atoms with Crippen molar-refractivity contribution in [3.05, 3.63) is 358 Å². The third-order valence-corrected chi connectivity index (χ3v) is 19.1. The van der Waals surface area contributed by atoms with E-state index in [-0.39, 0.29) is 14.9 Å². The number of anilines is 9. The first-order chi connectivity index (χ1) is 50.9. The maximum atomic E-state index is 9.14. The molecular formula is C99H77N7. The van der Waals surface area contributed by atoms with Crippen LogP contribution in [0.2, 0.25) is 0 Å². The molecule has 0 aliphatic heterocycles. The molecule has 0 N–H and O–H groups in total. The van der Waals surface area contributed by atoms with Gasteiger partial charge in [-0.1, -0.05) is 208 Å². The Balaban J connectivity index is 0.000000198. The highest BCUT2D eigenvalue weighted by Gasteiger charge is 2.22. The quantitative estimate of drug-likeness (QED) is 0.0815. The summed E-state index contributed by atoms with van der Waals surface area (Å²) >= 11 is 0. The number of rotatable bonds is 9. The molecule has 0 atom stereocenters. The largest absolute Gasteiger partial charge is 0.377 e. The number of nitrogens with zero attached hydrogens (tertiary/aromatic N) is 7. The van der Waals surface area contributed by atoms with Crippen LogP contribution in [-0.2, 0) is 0 Å². The van der Waals surface area contributed by atoms with Gasteiger partial charge in [-0.2, -0.15) is 5.26 Å². The minimum Gasteiger partial charge on any atom is -0.377 e. The summed E-state index contributed by atoms with van der Waals surface area (Å²) in [4.78, 5) is 14.5. The van der Waals surface area contributed by atoms with E-state index >= 15 is 0 Å². The van der Waals surface area contributed by atoms with Crippen LogP contribution in [0.4, 0.5) is 56.9 Å². The van der Waals surface area contributed by atoms with Gasteiger partial charge in [-0.15, -0.1) is 0 Å². The number of hydrogen-bond donors (Lipinski definition) is 0. The molecule has 508 valence electrons. The Morgan fingerprint density at radius 1 is 0.274 bits per heavy atom. The van der Waals surface area contributed by atoms with E-state index in [0.717, 1.165) is 117 Å². The van der Waals surface area contributed by atoms with Crippen LogP contribution in [0.3, 0.4) is 0 Å². The summed E-state index contributed by atoms with van der Waals surface area (Å²) in [7, 11) is 12.5. The number of benzene rings is 16. The lowest BCUT2D eigenvalue weighted by Crippen LogP contribution is -2.11. The van der Waals surface area contributed by atoms with Crippen molar-refractivity contribution in [2.45, 2.75) is 21.8 Å². The molecule has 7 heteroatoms. The molecule has 106 heavy (non-hydrogen) atoms. The smallest absolute Gasteiger partial charge is 0.187 e. The van der Waals surface area contributed by atoms with Gasteiger partial charge in [-0.25, -0.2) is 4.85 Å². The molecule has 0 bridgehead atoms. The average molecular weight is 1360 g/mol. The normalized spacial score (nSPS) is 10.5. The molecule has 16 aromatic rings. The fourth-order valence-corrected chi connectivity index (χ4v) is 14.0. The standard InChI is InChI=1S/C59H43N3.C38H26N4.2CH4/c1-42-40-45(30-24-43-26-32-51(33-27-43)61(47-16-8-4-9-17-47)48-18-10-5-11-19-48)54-37-38-55-46(41-57(60(2)3)56-39-36-53(42)58(54)59(55)56)31-25-44-28-34-52(35-29-44)62(49-20-12-6-13-21-49)50-22-14-7-15-23-50;1-40-30-16-12-26(13-17-30)11-15-29-23-36(42(4)5)34-21-20-33-35(41(2)3)22-28(31-18-19-32(29)38(34)37(31)33)14-10-25-6-8-27(24-39)9-7-25;;/h4-23,26-29,32-41H,1-3H3;6-9,12-13,16-23H,2-5H3;2*1H4. The third-order valence-electron chi connectivity index (χ3n) is 19.1. The van der Waals surface area contributed by atoms with Crippen LogP contribution in [0, 0.1) is 72.2 Å². The van der Waals surface area contributed by atoms with Gasteiger partial charge in [0.25, 0.3) is 0 Å². The minimum atomic E-state index is 0. The Labute approximate surface area is 623 Å². The highest BCUT2D eigenvalue weighted by atomic mass is 15.1. The Kier molecular flexibility index (Phi) is 20.3. The van der Waals surface area contributed by atoms with E-state index in [2.05, 4.69) is 350 Å². The average Bonchev–Trinajstić information content (AvgIpc) is 0.721. The van der Waals surface area contributed by atoms with Crippen LogP contribution in [0.15, 0.2) is 291 Å². The summed E-state index contributed by atoms with van der Waals surface area (Å²) < 4.78 is 0. The molecule has 0 spiro atoms. The van der Waals surface area contributed by atoms with E-state index in [4.69, 9.17) is 11.8 Å². The van der Waals surface area contributed by atoms with Gasteiger partial charge in [0, 0.05) is 170 Å². The first-order valence-corrected chi connectivity index (χ1v) is 34.5. The molecule has 0 aromatic heterocycles. The second-order valence-corrected chi connectivity index (χ2v) is 26.4. The Hall–Kier alpha value is -14.2. The molecule has 16 aromatic carbocycles. The summed E-state index contributed by atoms with van der Waals surface area (Å²) in [6, 6.07) is 103. The Bertz CT molecular complexity index is 6030. The lowest BCUT2D eigenvalue weighted by atomic mass is 9.87. The van der Waals surface area contributed by atoms with E-state index in [9.17, 15) is 0 Å². The number of nitriles is 1. The molecule has 0 fully saturated rings. The second kappa shape index (κ2) is 30.6. The summed E-state index contributed by atoms with van der Waals surface area (Å²) in [5, 5.41) is 23.2. The zero-order valence-corrected chi connectivity index (χ0v) is 58.8. The van der Waals surface area contributed by atoms with Crippen LogP contribution in [0.1, 0.15) is 70.5 Å². The highest BCUT2D eigenvalue weighted by molar-refractivity contribution is 6.30. The van der Waals surface area contributed by atoms with Gasteiger partial charge in [0.1, 0.15) is 0 Å². The molecule has 0 heterocycles. The fraction of sp³-hybridized carbons (Fsp3) is 0.0909. The van der Waals surface area contributed by atoms with Gasteiger partial charge in [0.2, 0.25) is 0 Å². The predicted molar refractivity (Wildman–Crippen MR) is 452 cm³/mol. The number of aryl methyl sites for hydroxylation is 1. The highest BCUT2D eigenvalue weighted by Crippen LogP contribution is 2.46. The summed E-state index contributed by atoms with van der Waals surface area (Å²) in [6.45, 7) is 9.41. The maximum absolute atomic E-state index is 9.14. The maximum Gasteiger partial charge on any atom is 0.187 e. The molecule has 7 nitrogen and oxygen atoms in total. The predicted octanol–water partition coefficient (Wildman–Crippen LogP) is 23.9. The zero-order chi connectivity index (χ0) is 71.4. The molecule has 0 saturated heterocycles. The van der Waals surface area contributed by atoms with E-state index in [1.54, 1.807) is 24.3 Å². The first kappa shape index (κ1) is 70.3. The molecule has 0 amide bonds. The second-order valence-electron chi connectivity index (χ2n) is 26.4. The summed E-state index contributed by atoms with van der Waals surface area (Å²) in [6.07, 6.45) is 0. The van der Waals surface area contributed by atoms with Crippen molar-refractivity contribution >= 4 is 122 Å². The van der Waals surface area contributed by atoms with Crippen LogP contribution < -0.4 is 24.5 Å². The zero-order valence-electron chi connectivity index (χ0n) is 58.8. The van der Waals surface area contributed by atoms with E-state index < -0.39 is 0 Å². The molecule has 16 rings (SSSR count). The van der Waals surface area contributed by atoms with E-state index in [1.165, 1.54) is 48.7 Å². The van der Waals surface area contributed by atoms with Crippen molar-refractivity contribution < 1.29 is 0 Å². The SMILES string of the molecule is C.C.Cc1cc(C#Cc2ccc(N(c3ccccc3)c3ccccc3)cc2)c2ccc3c(C#Cc4ccc(N(c5ccccc5)c5ccccc5)cc4)cc(N(C)C)c4ccc1c2c34.[C-]#[N+]c1ccc(C#Cc2cc(N(C)C)c3ccc4c(N(C)C)cc(C#Cc5ccc(C#N)cc5)c5ccc2c3c54)cc1. The van der Waals surface area contributed by atoms with Crippen LogP contribution in [0.5, 0.6) is 0 Å². The van der Waals surface area contributed by atoms with Gasteiger partial charge in [-0.05, 0) is 190 Å². The molecule has 0 aliphatic carbocycles. The fourth-order valence-electron chi connectivity index (χ4n) is 14.0. The van der Waals surface area contributed by atoms with E-state index in [0.29, 0.717) is 11.3 Å². The van der Waals surface area contributed by atoms with Gasteiger partial charge in [0.15, 0.2) is 5.69 Å². The molecule has 0 radical (unpaired) electrons. The molecular weight excluding hydrogens is 1290 g/mol. The molecule has 0 saturated carbocycles. The van der Waals surface area contributed by atoms with Crippen molar-refractivity contribution in [2.24, 2.45) is 0 Å². The van der Waals surface area contributed by atoms with Crippen molar-refractivity contribution in [2.75, 3.05) is 66.8 Å². The van der Waals surface area contributed by atoms with Crippen LogP contribution >= 0.6 is 0 Å². The minimum absolute atomic E-state index is 0. The van der Waals surface area contributed by atoms with Gasteiger partial charge in [-0.3, -0.25) is 0 Å². The van der Waals surface area contributed by atoms with Crippen molar-refractivity contribution in [1.29, 1.82) is 5.26 Å². The van der Waals surface area contributed by atoms with Crippen LogP contribution in [0.25, 0.3) is 69.5 Å². The molecule has 0 aliphatic rings. The van der Waals surface area contributed by atoms with Crippen molar-refractivity contribution in [3.63, 3.8) is 0 Å². The van der Waals surface area contributed by atoms with Crippen LogP contribution in [-0.4, -0.2) is 42.3 Å². The third kappa shape index (κ3) is 13.9. The lowest BCUT2D eigenvalue weighted by molar-refractivity contribution is 1.14.